The summed E-state index contributed by atoms with van der Waals surface area (Å²) in [5.74, 6) is 0. The van der Waals surface area contributed by atoms with Gasteiger partial charge in [-0.2, -0.15) is 0 Å². The summed E-state index contributed by atoms with van der Waals surface area (Å²) in [6.07, 6.45) is 9.14. The molecule has 104 valence electrons. The molecule has 1 aromatic rings. The maximum atomic E-state index is 5.74. The highest BCUT2D eigenvalue weighted by Gasteiger charge is 2.18. The first kappa shape index (κ1) is 14.3. The summed E-state index contributed by atoms with van der Waals surface area (Å²) in [4.78, 5) is 4.69. The van der Waals surface area contributed by atoms with Crippen molar-refractivity contribution in [3.05, 3.63) is 35.9 Å². The van der Waals surface area contributed by atoms with Crippen molar-refractivity contribution in [2.45, 2.75) is 58.1 Å². The van der Waals surface area contributed by atoms with E-state index in [1.807, 2.05) is 6.07 Å². The van der Waals surface area contributed by atoms with Gasteiger partial charge in [-0.05, 0) is 18.4 Å². The third kappa shape index (κ3) is 4.79. The first-order valence-electron chi connectivity index (χ1n) is 7.64. The molecule has 19 heavy (non-hydrogen) atoms. The van der Waals surface area contributed by atoms with Crippen LogP contribution in [-0.4, -0.2) is 18.5 Å². The van der Waals surface area contributed by atoms with E-state index in [0.29, 0.717) is 6.61 Å². The van der Waals surface area contributed by atoms with Gasteiger partial charge in [0.1, 0.15) is 6.23 Å². The van der Waals surface area contributed by atoms with Crippen LogP contribution in [0.1, 0.15) is 57.4 Å². The summed E-state index contributed by atoms with van der Waals surface area (Å²) < 4.78 is 5.74. The number of rotatable bonds is 8. The molecular formula is C17H25NO. The van der Waals surface area contributed by atoms with Crippen molar-refractivity contribution in [1.82, 2.24) is 0 Å². The number of hydrogen-bond donors (Lipinski definition) is 0. The van der Waals surface area contributed by atoms with Crippen LogP contribution in [0.3, 0.4) is 0 Å². The molecule has 2 nitrogen and oxygen atoms in total. The molecule has 0 fully saturated rings. The van der Waals surface area contributed by atoms with Crippen LogP contribution in [-0.2, 0) is 4.74 Å². The monoisotopic (exact) mass is 259 g/mol. The van der Waals surface area contributed by atoms with Crippen LogP contribution in [0.25, 0.3) is 0 Å². The molecule has 1 aliphatic heterocycles. The fourth-order valence-electron chi connectivity index (χ4n) is 2.46. The summed E-state index contributed by atoms with van der Waals surface area (Å²) in [5.41, 5.74) is 2.31. The van der Waals surface area contributed by atoms with E-state index in [2.05, 4.69) is 36.2 Å². The second-order valence-electron chi connectivity index (χ2n) is 5.26. The largest absolute Gasteiger partial charge is 0.350 e. The van der Waals surface area contributed by atoms with Gasteiger partial charge >= 0.3 is 0 Å². The van der Waals surface area contributed by atoms with Crippen molar-refractivity contribution in [3.63, 3.8) is 0 Å². The summed E-state index contributed by atoms with van der Waals surface area (Å²) >= 11 is 0. The van der Waals surface area contributed by atoms with Crippen molar-refractivity contribution >= 4 is 5.71 Å². The second-order valence-corrected chi connectivity index (χ2v) is 5.26. The van der Waals surface area contributed by atoms with Crippen LogP contribution in [0.4, 0.5) is 0 Å². The second kappa shape index (κ2) is 8.11. The smallest absolute Gasteiger partial charge is 0.149 e. The Morgan fingerprint density at radius 2 is 1.79 bits per heavy atom. The first-order chi connectivity index (χ1) is 9.40. The van der Waals surface area contributed by atoms with Crippen LogP contribution in [0.2, 0.25) is 0 Å². The fraction of sp³-hybridized carbons (Fsp3) is 0.588. The highest BCUT2D eigenvalue weighted by atomic mass is 16.5. The topological polar surface area (TPSA) is 21.6 Å². The van der Waals surface area contributed by atoms with Gasteiger partial charge in [-0.15, -0.1) is 0 Å². The van der Waals surface area contributed by atoms with Crippen molar-refractivity contribution in [3.8, 4) is 0 Å². The lowest BCUT2D eigenvalue weighted by Crippen LogP contribution is -2.04. The van der Waals surface area contributed by atoms with Crippen LogP contribution in [0.15, 0.2) is 35.3 Å². The summed E-state index contributed by atoms with van der Waals surface area (Å²) in [6, 6.07) is 10.4. The lowest BCUT2D eigenvalue weighted by molar-refractivity contribution is 0.0997. The van der Waals surface area contributed by atoms with Crippen molar-refractivity contribution < 1.29 is 4.74 Å². The van der Waals surface area contributed by atoms with Crippen LogP contribution in [0.5, 0.6) is 0 Å². The maximum Gasteiger partial charge on any atom is 0.149 e. The van der Waals surface area contributed by atoms with Crippen molar-refractivity contribution in [2.24, 2.45) is 4.99 Å². The lowest BCUT2D eigenvalue weighted by Gasteiger charge is -2.06. The van der Waals surface area contributed by atoms with E-state index in [9.17, 15) is 0 Å². The molecule has 0 N–H and O–H groups in total. The summed E-state index contributed by atoms with van der Waals surface area (Å²) in [5, 5.41) is 0. The Hall–Kier alpha value is -1.15. The Bertz CT molecular complexity index is 386. The molecule has 0 aliphatic carbocycles. The minimum atomic E-state index is 0.0985. The van der Waals surface area contributed by atoms with Gasteiger partial charge in [0.2, 0.25) is 0 Å². The number of benzene rings is 1. The summed E-state index contributed by atoms with van der Waals surface area (Å²) in [6.45, 7) is 2.93. The van der Waals surface area contributed by atoms with E-state index in [-0.39, 0.29) is 6.23 Å². The standard InChI is InChI=1S/C17H25NO/c1-2-3-4-5-6-10-13-17-18-16(14-19-17)15-11-8-7-9-12-15/h7-9,11-12,17H,2-6,10,13-14H2,1H3. The molecule has 1 aromatic carbocycles. The van der Waals surface area contributed by atoms with E-state index in [1.165, 1.54) is 44.1 Å². The highest BCUT2D eigenvalue weighted by Crippen LogP contribution is 2.17. The fourth-order valence-corrected chi connectivity index (χ4v) is 2.46. The predicted octanol–water partition coefficient (Wildman–Crippen LogP) is 4.58. The average molecular weight is 259 g/mol. The van der Waals surface area contributed by atoms with E-state index in [0.717, 1.165) is 12.1 Å². The SMILES string of the molecule is CCCCCCCCC1N=C(c2ccccc2)CO1. The third-order valence-electron chi connectivity index (χ3n) is 3.62. The Balaban J connectivity index is 1.68. The van der Waals surface area contributed by atoms with Gasteiger partial charge in [0.25, 0.3) is 0 Å². The van der Waals surface area contributed by atoms with Gasteiger partial charge in [-0.3, -0.25) is 4.99 Å². The Labute approximate surface area is 116 Å². The first-order valence-corrected chi connectivity index (χ1v) is 7.64. The molecule has 0 bridgehead atoms. The zero-order valence-corrected chi connectivity index (χ0v) is 12.0. The lowest BCUT2D eigenvalue weighted by atomic mass is 10.1. The zero-order chi connectivity index (χ0) is 13.3. The number of hydrogen-bond acceptors (Lipinski definition) is 2. The molecule has 0 saturated carbocycles. The Kier molecular flexibility index (Phi) is 6.09. The van der Waals surface area contributed by atoms with Gasteiger partial charge in [0.05, 0.1) is 12.3 Å². The van der Waals surface area contributed by atoms with Gasteiger partial charge in [-0.25, -0.2) is 0 Å². The van der Waals surface area contributed by atoms with E-state index < -0.39 is 0 Å². The molecule has 0 aromatic heterocycles. The molecule has 0 amide bonds. The van der Waals surface area contributed by atoms with Gasteiger partial charge < -0.3 is 4.74 Å². The molecule has 2 rings (SSSR count). The molecule has 0 radical (unpaired) electrons. The van der Waals surface area contributed by atoms with E-state index in [4.69, 9.17) is 4.74 Å². The van der Waals surface area contributed by atoms with Gasteiger partial charge in [-0.1, -0.05) is 69.4 Å². The predicted molar refractivity (Wildman–Crippen MR) is 80.7 cm³/mol. The van der Waals surface area contributed by atoms with Crippen LogP contribution < -0.4 is 0 Å². The molecule has 0 spiro atoms. The van der Waals surface area contributed by atoms with Crippen LogP contribution >= 0.6 is 0 Å². The van der Waals surface area contributed by atoms with Gasteiger partial charge in [0.15, 0.2) is 0 Å². The molecule has 1 aliphatic rings. The molecule has 1 heterocycles. The van der Waals surface area contributed by atoms with Crippen molar-refractivity contribution in [2.75, 3.05) is 6.61 Å². The molecule has 0 saturated heterocycles. The minimum Gasteiger partial charge on any atom is -0.350 e. The minimum absolute atomic E-state index is 0.0985. The van der Waals surface area contributed by atoms with Gasteiger partial charge in [0, 0.05) is 0 Å². The van der Waals surface area contributed by atoms with E-state index in [1.54, 1.807) is 0 Å². The zero-order valence-electron chi connectivity index (χ0n) is 12.0. The third-order valence-corrected chi connectivity index (χ3v) is 3.62. The maximum absolute atomic E-state index is 5.74. The number of unbranched alkanes of at least 4 members (excludes halogenated alkanes) is 5. The molecule has 2 heteroatoms. The highest BCUT2D eigenvalue weighted by molar-refractivity contribution is 6.02. The number of ether oxygens (including phenoxy) is 1. The Morgan fingerprint density at radius 3 is 2.58 bits per heavy atom. The van der Waals surface area contributed by atoms with E-state index >= 15 is 0 Å². The molecule has 1 unspecified atom stereocenters. The quantitative estimate of drug-likeness (QED) is 0.626. The Morgan fingerprint density at radius 1 is 1.05 bits per heavy atom. The van der Waals surface area contributed by atoms with Crippen LogP contribution in [0, 0.1) is 0 Å². The van der Waals surface area contributed by atoms with Crippen molar-refractivity contribution in [1.29, 1.82) is 0 Å². The summed E-state index contributed by atoms with van der Waals surface area (Å²) in [7, 11) is 0. The molecule has 1 atom stereocenters. The average Bonchev–Trinajstić information content (AvgIpc) is 2.92. The normalized spacial score (nSPS) is 18.6. The number of nitrogens with zero attached hydrogens (tertiary/aromatic N) is 1. The molecular weight excluding hydrogens is 234 g/mol. The number of aliphatic imine (C=N–C) groups is 1.